The van der Waals surface area contributed by atoms with Crippen LogP contribution < -0.4 is 10.7 Å². The highest BCUT2D eigenvalue weighted by Crippen LogP contribution is 1.96. The van der Waals surface area contributed by atoms with Crippen molar-refractivity contribution in [3.8, 4) is 0 Å². The minimum Gasteiger partial charge on any atom is -0.357 e. The number of hydrogen-bond acceptors (Lipinski definition) is 2. The second-order valence-electron chi connectivity index (χ2n) is 3.80. The molecule has 3 nitrogen and oxygen atoms in total. The quantitative estimate of drug-likeness (QED) is 0.477. The van der Waals surface area contributed by atoms with Crippen molar-refractivity contribution in [2.24, 2.45) is 11.0 Å². The van der Waals surface area contributed by atoms with Gasteiger partial charge >= 0.3 is 0 Å². The first-order chi connectivity index (χ1) is 7.68. The third-order valence-corrected chi connectivity index (χ3v) is 2.07. The lowest BCUT2D eigenvalue weighted by molar-refractivity contribution is 0.848. The molecule has 0 amide bonds. The van der Waals surface area contributed by atoms with Crippen LogP contribution in [0.5, 0.6) is 0 Å². The highest BCUT2D eigenvalue weighted by atomic mass is 32.1. The molecule has 2 N–H and O–H groups in total. The van der Waals surface area contributed by atoms with Crippen molar-refractivity contribution in [3.05, 3.63) is 35.9 Å². The summed E-state index contributed by atoms with van der Waals surface area (Å²) >= 11 is 5.07. The molecule has 16 heavy (non-hydrogen) atoms. The number of benzene rings is 1. The predicted molar refractivity (Wildman–Crippen MR) is 72.3 cm³/mol. The van der Waals surface area contributed by atoms with Gasteiger partial charge in [0.15, 0.2) is 5.11 Å². The Morgan fingerprint density at radius 3 is 2.69 bits per heavy atom. The summed E-state index contributed by atoms with van der Waals surface area (Å²) in [6, 6.07) is 10.1. The summed E-state index contributed by atoms with van der Waals surface area (Å²) in [6.45, 7) is 4.83. The van der Waals surface area contributed by atoms with Crippen LogP contribution in [0.2, 0.25) is 0 Å². The normalized spacial score (nSPS) is 10.7. The number of thiocarbonyl (C=S) groups is 1. The zero-order chi connectivity index (χ0) is 11.8. The van der Waals surface area contributed by atoms with E-state index in [4.69, 9.17) is 12.2 Å². The molecule has 0 aliphatic heterocycles. The summed E-state index contributed by atoms with van der Waals surface area (Å²) in [5.41, 5.74) is 3.97. The Morgan fingerprint density at radius 1 is 1.38 bits per heavy atom. The highest BCUT2D eigenvalue weighted by Gasteiger charge is 1.94. The van der Waals surface area contributed by atoms with E-state index in [1.54, 1.807) is 0 Å². The average molecular weight is 235 g/mol. The Kier molecular flexibility index (Phi) is 5.50. The molecule has 0 saturated carbocycles. The summed E-state index contributed by atoms with van der Waals surface area (Å²) in [6.07, 6.45) is 1.82. The molecule has 0 atom stereocenters. The van der Waals surface area contributed by atoms with E-state index in [9.17, 15) is 0 Å². The van der Waals surface area contributed by atoms with Gasteiger partial charge in [-0.05, 0) is 23.7 Å². The monoisotopic (exact) mass is 235 g/mol. The number of nitrogens with one attached hydrogen (secondary N) is 2. The molecule has 0 fully saturated rings. The van der Waals surface area contributed by atoms with Crippen LogP contribution >= 0.6 is 12.2 Å². The predicted octanol–water partition coefficient (Wildman–Crippen LogP) is 2.29. The molecule has 0 aliphatic rings. The zero-order valence-corrected chi connectivity index (χ0v) is 10.4. The van der Waals surface area contributed by atoms with Crippen molar-refractivity contribution in [2.75, 3.05) is 0 Å². The van der Waals surface area contributed by atoms with E-state index in [2.05, 4.69) is 29.7 Å². The van der Waals surface area contributed by atoms with E-state index in [1.165, 1.54) is 5.56 Å². The maximum atomic E-state index is 5.07. The SMILES string of the molecule is CC(C)/C=N/NC(=S)NCc1ccccc1. The molecule has 1 aromatic carbocycles. The van der Waals surface area contributed by atoms with Gasteiger partial charge in [0, 0.05) is 12.8 Å². The Hall–Kier alpha value is -1.42. The standard InChI is InChI=1S/C12H17N3S/c1-10(2)8-14-15-12(16)13-9-11-6-4-3-5-7-11/h3-8,10H,9H2,1-2H3,(H2,13,15,16)/b14-8+. The van der Waals surface area contributed by atoms with E-state index in [1.807, 2.05) is 36.5 Å². The first kappa shape index (κ1) is 12.6. The lowest BCUT2D eigenvalue weighted by Gasteiger charge is -2.06. The van der Waals surface area contributed by atoms with Crippen LogP contribution in [0.15, 0.2) is 35.4 Å². The molecule has 0 radical (unpaired) electrons. The first-order valence-electron chi connectivity index (χ1n) is 5.29. The van der Waals surface area contributed by atoms with Crippen LogP contribution in [0.3, 0.4) is 0 Å². The fourth-order valence-corrected chi connectivity index (χ4v) is 1.19. The van der Waals surface area contributed by atoms with Crippen molar-refractivity contribution < 1.29 is 0 Å². The van der Waals surface area contributed by atoms with E-state index in [0.717, 1.165) is 0 Å². The molecule has 0 aliphatic carbocycles. The lowest BCUT2D eigenvalue weighted by Crippen LogP contribution is -2.31. The van der Waals surface area contributed by atoms with Crippen molar-refractivity contribution >= 4 is 23.5 Å². The summed E-state index contributed by atoms with van der Waals surface area (Å²) in [7, 11) is 0. The smallest absolute Gasteiger partial charge is 0.187 e. The van der Waals surface area contributed by atoms with Gasteiger partial charge in [-0.3, -0.25) is 5.43 Å². The number of hydrogen-bond donors (Lipinski definition) is 2. The Balaban J connectivity index is 2.26. The van der Waals surface area contributed by atoms with Gasteiger partial charge in [-0.2, -0.15) is 5.10 Å². The molecule has 0 unspecified atom stereocenters. The second-order valence-corrected chi connectivity index (χ2v) is 4.21. The molecule has 1 aromatic rings. The summed E-state index contributed by atoms with van der Waals surface area (Å²) in [4.78, 5) is 0. The molecule has 0 heterocycles. The fourth-order valence-electron chi connectivity index (χ4n) is 1.06. The van der Waals surface area contributed by atoms with E-state index in [-0.39, 0.29) is 0 Å². The Labute approximate surface area is 102 Å². The van der Waals surface area contributed by atoms with E-state index >= 15 is 0 Å². The van der Waals surface area contributed by atoms with Gasteiger partial charge in [-0.25, -0.2) is 0 Å². The van der Waals surface area contributed by atoms with E-state index < -0.39 is 0 Å². The second kappa shape index (κ2) is 6.95. The molecule has 0 aromatic heterocycles. The third kappa shape index (κ3) is 5.46. The van der Waals surface area contributed by atoms with Crippen LogP contribution in [-0.4, -0.2) is 11.3 Å². The molecular weight excluding hydrogens is 218 g/mol. The minimum atomic E-state index is 0.421. The molecular formula is C12H17N3S. The number of hydrazone groups is 1. The van der Waals surface area contributed by atoms with Crippen molar-refractivity contribution in [3.63, 3.8) is 0 Å². The summed E-state index contributed by atoms with van der Waals surface area (Å²) in [5.74, 6) is 0.421. The zero-order valence-electron chi connectivity index (χ0n) is 9.60. The summed E-state index contributed by atoms with van der Waals surface area (Å²) in [5, 5.41) is 7.63. The van der Waals surface area contributed by atoms with Crippen LogP contribution in [0.4, 0.5) is 0 Å². The molecule has 86 valence electrons. The fraction of sp³-hybridized carbons (Fsp3) is 0.333. The Morgan fingerprint density at radius 2 is 2.06 bits per heavy atom. The molecule has 4 heteroatoms. The largest absolute Gasteiger partial charge is 0.357 e. The van der Waals surface area contributed by atoms with Crippen LogP contribution in [-0.2, 0) is 6.54 Å². The van der Waals surface area contributed by atoms with Crippen molar-refractivity contribution in [2.45, 2.75) is 20.4 Å². The van der Waals surface area contributed by atoms with Crippen molar-refractivity contribution in [1.29, 1.82) is 0 Å². The highest BCUT2D eigenvalue weighted by molar-refractivity contribution is 7.80. The van der Waals surface area contributed by atoms with Crippen molar-refractivity contribution in [1.82, 2.24) is 10.7 Å². The van der Waals surface area contributed by atoms with Gasteiger partial charge in [0.1, 0.15) is 0 Å². The van der Waals surface area contributed by atoms with Gasteiger partial charge in [0.05, 0.1) is 0 Å². The van der Waals surface area contributed by atoms with Gasteiger partial charge < -0.3 is 5.32 Å². The van der Waals surface area contributed by atoms with Gasteiger partial charge in [-0.15, -0.1) is 0 Å². The van der Waals surface area contributed by atoms with Gasteiger partial charge in [0.2, 0.25) is 0 Å². The lowest BCUT2D eigenvalue weighted by atomic mass is 10.2. The average Bonchev–Trinajstić information content (AvgIpc) is 2.27. The van der Waals surface area contributed by atoms with Gasteiger partial charge in [0.25, 0.3) is 0 Å². The number of nitrogens with zero attached hydrogens (tertiary/aromatic N) is 1. The first-order valence-corrected chi connectivity index (χ1v) is 5.70. The third-order valence-electron chi connectivity index (χ3n) is 1.83. The van der Waals surface area contributed by atoms with Crippen LogP contribution in [0.1, 0.15) is 19.4 Å². The van der Waals surface area contributed by atoms with Crippen LogP contribution in [0.25, 0.3) is 0 Å². The Bertz CT molecular complexity index is 347. The summed E-state index contributed by atoms with van der Waals surface area (Å²) < 4.78 is 0. The molecule has 0 bridgehead atoms. The minimum absolute atomic E-state index is 0.421. The maximum absolute atomic E-state index is 5.07. The maximum Gasteiger partial charge on any atom is 0.187 e. The number of rotatable bonds is 4. The molecule has 0 saturated heterocycles. The van der Waals surface area contributed by atoms with Crippen LogP contribution in [0, 0.1) is 5.92 Å². The topological polar surface area (TPSA) is 36.4 Å². The van der Waals surface area contributed by atoms with E-state index in [0.29, 0.717) is 17.6 Å². The van der Waals surface area contributed by atoms with Gasteiger partial charge in [-0.1, -0.05) is 44.2 Å². The molecule has 1 rings (SSSR count). The molecule has 0 spiro atoms.